The van der Waals surface area contributed by atoms with Crippen LogP contribution in [-0.2, 0) is 4.74 Å². The Balaban J connectivity index is 1.59. The Hall–Kier alpha value is -3.82. The maximum absolute atomic E-state index is 16.8. The molecule has 2 saturated heterocycles. The van der Waals surface area contributed by atoms with Crippen molar-refractivity contribution >= 4 is 40.0 Å². The number of amidine groups is 1. The fourth-order valence-corrected chi connectivity index (χ4v) is 6.70. The Bertz CT molecular complexity index is 1610. The van der Waals surface area contributed by atoms with Crippen molar-refractivity contribution in [3.05, 3.63) is 71.6 Å². The summed E-state index contributed by atoms with van der Waals surface area (Å²) in [7, 11) is 4.03. The second-order valence-corrected chi connectivity index (χ2v) is 13.5. The van der Waals surface area contributed by atoms with Gasteiger partial charge in [-0.25, -0.2) is 9.18 Å². The molecule has 10 heteroatoms. The van der Waals surface area contributed by atoms with E-state index >= 15 is 4.39 Å². The summed E-state index contributed by atoms with van der Waals surface area (Å²) in [6, 6.07) is 12.3. The fraction of sp³-hybridized carbons (Fsp3) is 0.429. The Morgan fingerprint density at radius 3 is 2.53 bits per heavy atom. The number of aliphatic imine (C=N–C) groups is 1. The van der Waals surface area contributed by atoms with E-state index in [1.165, 1.54) is 12.3 Å². The van der Waals surface area contributed by atoms with Gasteiger partial charge in [-0.05, 0) is 101 Å². The molecule has 3 aromatic rings. The predicted octanol–water partition coefficient (Wildman–Crippen LogP) is 7.34. The summed E-state index contributed by atoms with van der Waals surface area (Å²) >= 11 is 6.95. The van der Waals surface area contributed by atoms with Crippen molar-refractivity contribution in [1.82, 2.24) is 14.7 Å². The van der Waals surface area contributed by atoms with Gasteiger partial charge in [0.25, 0.3) is 0 Å². The molecule has 3 aromatic carbocycles. The lowest BCUT2D eigenvalue weighted by atomic mass is 9.94. The highest BCUT2D eigenvalue weighted by Gasteiger charge is 2.45. The summed E-state index contributed by atoms with van der Waals surface area (Å²) in [4.78, 5) is 24.3. The first kappa shape index (κ1) is 32.6. The molecule has 0 aromatic heterocycles. The normalized spacial score (nSPS) is 18.5. The third-order valence-electron chi connectivity index (χ3n) is 8.23. The molecular weight excluding hydrogens is 593 g/mol. The first-order valence-electron chi connectivity index (χ1n) is 15.4. The van der Waals surface area contributed by atoms with E-state index in [1.54, 1.807) is 12.1 Å². The van der Waals surface area contributed by atoms with Gasteiger partial charge in [0.15, 0.2) is 5.82 Å². The van der Waals surface area contributed by atoms with E-state index in [1.807, 2.05) is 64.0 Å². The number of phenols is 1. The van der Waals surface area contributed by atoms with Crippen LogP contribution >= 0.6 is 11.6 Å². The molecule has 0 radical (unpaired) electrons. The number of nitrogens with zero attached hydrogens (tertiary/aromatic N) is 4. The molecule has 2 bridgehead atoms. The minimum atomic E-state index is -0.588. The average Bonchev–Trinajstić information content (AvgIpc) is 3.23. The Morgan fingerprint density at radius 1 is 1.20 bits per heavy atom. The van der Waals surface area contributed by atoms with E-state index in [9.17, 15) is 9.90 Å². The third kappa shape index (κ3) is 7.05. The van der Waals surface area contributed by atoms with Gasteiger partial charge in [0.05, 0.1) is 22.8 Å². The van der Waals surface area contributed by atoms with Crippen LogP contribution in [0.5, 0.6) is 5.75 Å². The second kappa shape index (κ2) is 13.3. The van der Waals surface area contributed by atoms with E-state index in [2.05, 4.69) is 21.7 Å². The predicted molar refractivity (Wildman–Crippen MR) is 181 cm³/mol. The third-order valence-corrected chi connectivity index (χ3v) is 8.53. The van der Waals surface area contributed by atoms with Gasteiger partial charge in [-0.15, -0.1) is 0 Å². The number of carbonyl (C=O) groups is 1. The number of aromatic hydroxyl groups is 1. The van der Waals surface area contributed by atoms with Crippen LogP contribution in [0.3, 0.4) is 0 Å². The SMILES string of the molecule is C=CNc1c(C(=NCCCN(C)C)N2CC3CCC(C2)N3C(=O)OC(C)(C)C)cc(Cl)c(-c2cc(O)cc3ccccc23)c1F. The van der Waals surface area contributed by atoms with Crippen LogP contribution in [0.4, 0.5) is 14.9 Å². The smallest absolute Gasteiger partial charge is 0.410 e. The van der Waals surface area contributed by atoms with Crippen molar-refractivity contribution in [1.29, 1.82) is 0 Å². The number of carbonyl (C=O) groups excluding carboxylic acids is 1. The van der Waals surface area contributed by atoms with Gasteiger partial charge >= 0.3 is 6.09 Å². The molecule has 2 heterocycles. The molecule has 2 fully saturated rings. The Labute approximate surface area is 270 Å². The number of piperazine rings is 1. The number of amides is 1. The molecule has 0 saturated carbocycles. The number of anilines is 1. The maximum Gasteiger partial charge on any atom is 0.410 e. The molecule has 2 unspecified atom stereocenters. The van der Waals surface area contributed by atoms with Gasteiger partial charge in [-0.3, -0.25) is 9.89 Å². The van der Waals surface area contributed by atoms with E-state index in [4.69, 9.17) is 21.3 Å². The number of benzene rings is 3. The van der Waals surface area contributed by atoms with Gasteiger partial charge in [-0.1, -0.05) is 42.4 Å². The summed E-state index contributed by atoms with van der Waals surface area (Å²) in [5.74, 6) is 0.0689. The van der Waals surface area contributed by atoms with E-state index in [0.29, 0.717) is 36.6 Å². The van der Waals surface area contributed by atoms with Crippen molar-refractivity contribution in [2.45, 2.75) is 57.7 Å². The zero-order valence-corrected chi connectivity index (χ0v) is 27.5. The first-order valence-corrected chi connectivity index (χ1v) is 15.8. The fourth-order valence-electron chi connectivity index (χ4n) is 6.40. The highest BCUT2D eigenvalue weighted by atomic mass is 35.5. The van der Waals surface area contributed by atoms with Gasteiger partial charge < -0.3 is 25.0 Å². The largest absolute Gasteiger partial charge is 0.508 e. The molecule has 5 rings (SSSR count). The van der Waals surface area contributed by atoms with Crippen LogP contribution in [-0.4, -0.2) is 89.7 Å². The van der Waals surface area contributed by atoms with Crippen LogP contribution in [0.15, 0.2) is 60.2 Å². The average molecular weight is 636 g/mol. The number of ether oxygens (including phenoxy) is 1. The number of halogens is 2. The Kier molecular flexibility index (Phi) is 9.60. The molecule has 0 spiro atoms. The molecule has 1 amide bonds. The van der Waals surface area contributed by atoms with Crippen LogP contribution in [0.25, 0.3) is 21.9 Å². The van der Waals surface area contributed by atoms with Crippen LogP contribution in [0, 0.1) is 5.82 Å². The summed E-state index contributed by atoms with van der Waals surface area (Å²) in [6.07, 6.45) is 3.66. The lowest BCUT2D eigenvalue weighted by Crippen LogP contribution is -2.58. The molecule has 8 nitrogen and oxygen atoms in total. The van der Waals surface area contributed by atoms with Crippen LogP contribution < -0.4 is 5.32 Å². The minimum absolute atomic E-state index is 0.0166. The standard InChI is InChI=1S/C35H43ClFN5O3/c1-7-38-32-28(19-29(36)30(31(32)37)27-18-25(43)17-22-11-8-9-12-26(22)27)33(39-15-10-16-40(5)6)41-20-23-13-14-24(21-41)42(23)34(44)45-35(2,3)4/h7-9,11-12,17-19,23-24,38,43H,1,10,13-16,20-21H2,2-6H3. The quantitative estimate of drug-likeness (QED) is 0.153. The lowest BCUT2D eigenvalue weighted by Gasteiger charge is -2.42. The number of rotatable bonds is 8. The highest BCUT2D eigenvalue weighted by Crippen LogP contribution is 2.43. The zero-order valence-electron chi connectivity index (χ0n) is 26.7. The second-order valence-electron chi connectivity index (χ2n) is 13.1. The van der Waals surface area contributed by atoms with Gasteiger partial charge in [0, 0.05) is 30.8 Å². The molecular formula is C35H43ClFN5O3. The van der Waals surface area contributed by atoms with E-state index in [0.717, 1.165) is 36.6 Å². The monoisotopic (exact) mass is 635 g/mol. The number of hydrogen-bond acceptors (Lipinski definition) is 6. The lowest BCUT2D eigenvalue weighted by molar-refractivity contribution is 0.00283. The minimum Gasteiger partial charge on any atom is -0.508 e. The van der Waals surface area contributed by atoms with Gasteiger partial charge in [0.2, 0.25) is 0 Å². The van der Waals surface area contributed by atoms with E-state index in [-0.39, 0.29) is 40.2 Å². The van der Waals surface area contributed by atoms with Crippen molar-refractivity contribution in [2.75, 3.05) is 45.6 Å². The molecule has 45 heavy (non-hydrogen) atoms. The zero-order chi connectivity index (χ0) is 32.5. The number of hydrogen-bond donors (Lipinski definition) is 2. The number of nitrogens with one attached hydrogen (secondary N) is 1. The number of fused-ring (bicyclic) bond motifs is 3. The van der Waals surface area contributed by atoms with Crippen molar-refractivity contribution in [3.63, 3.8) is 0 Å². The van der Waals surface area contributed by atoms with Gasteiger partial charge in [0.1, 0.15) is 17.2 Å². The molecule has 2 aliphatic rings. The molecule has 2 atom stereocenters. The molecule has 240 valence electrons. The Morgan fingerprint density at radius 2 is 1.89 bits per heavy atom. The van der Waals surface area contributed by atoms with Crippen molar-refractivity contribution < 1.29 is 19.0 Å². The van der Waals surface area contributed by atoms with Crippen LogP contribution in [0.2, 0.25) is 5.02 Å². The van der Waals surface area contributed by atoms with E-state index < -0.39 is 11.4 Å². The molecule has 0 aliphatic carbocycles. The summed E-state index contributed by atoms with van der Waals surface area (Å²) < 4.78 is 22.6. The highest BCUT2D eigenvalue weighted by molar-refractivity contribution is 6.34. The summed E-state index contributed by atoms with van der Waals surface area (Å²) in [6.45, 7) is 11.9. The summed E-state index contributed by atoms with van der Waals surface area (Å²) in [5.41, 5.74) is 0.791. The number of phenolic OH excluding ortho intramolecular Hbond substituents is 1. The van der Waals surface area contributed by atoms with Crippen molar-refractivity contribution in [2.24, 2.45) is 4.99 Å². The number of likely N-dealkylation sites (tertiary alicyclic amines) is 1. The van der Waals surface area contributed by atoms with Gasteiger partial charge in [-0.2, -0.15) is 0 Å². The van der Waals surface area contributed by atoms with Crippen molar-refractivity contribution in [3.8, 4) is 16.9 Å². The summed E-state index contributed by atoms with van der Waals surface area (Å²) in [5, 5.41) is 15.3. The first-order chi connectivity index (χ1) is 21.4. The van der Waals surface area contributed by atoms with Crippen LogP contribution in [0.1, 0.15) is 45.6 Å². The molecule has 2 aliphatic heterocycles. The topological polar surface area (TPSA) is 80.6 Å². The maximum atomic E-state index is 16.8. The molecule has 2 N–H and O–H groups in total.